The van der Waals surface area contributed by atoms with E-state index in [-0.39, 0.29) is 17.8 Å². The summed E-state index contributed by atoms with van der Waals surface area (Å²) in [5.41, 5.74) is 0.982. The number of nitrogens with one attached hydrogen (secondary N) is 1. The predicted molar refractivity (Wildman–Crippen MR) is 73.8 cm³/mol. The normalized spacial score (nSPS) is 18.6. The highest BCUT2D eigenvalue weighted by Crippen LogP contribution is 2.24. The SMILES string of the molecule is O=CCOc1cccc(CC2SC(=S)NC2=O)c1. The second-order valence-corrected chi connectivity index (χ2v) is 5.59. The number of thiocarbonyl (C=S) groups is 1. The fraction of sp³-hybridized carbons (Fsp3) is 0.250. The van der Waals surface area contributed by atoms with Gasteiger partial charge in [-0.2, -0.15) is 0 Å². The molecule has 94 valence electrons. The molecule has 0 radical (unpaired) electrons. The Labute approximate surface area is 114 Å². The molecule has 0 saturated carbocycles. The summed E-state index contributed by atoms with van der Waals surface area (Å²) in [5, 5.41) is 2.43. The Morgan fingerprint density at radius 3 is 3.00 bits per heavy atom. The Morgan fingerprint density at radius 1 is 1.50 bits per heavy atom. The first-order valence-corrected chi connectivity index (χ1v) is 6.64. The van der Waals surface area contributed by atoms with Gasteiger partial charge in [0.25, 0.3) is 0 Å². The Balaban J connectivity index is 2.02. The topological polar surface area (TPSA) is 55.4 Å². The molecule has 1 N–H and O–H groups in total. The molecule has 18 heavy (non-hydrogen) atoms. The van der Waals surface area contributed by atoms with E-state index >= 15 is 0 Å². The molecule has 0 spiro atoms. The van der Waals surface area contributed by atoms with Gasteiger partial charge < -0.3 is 10.1 Å². The Hall–Kier alpha value is -1.40. The lowest BCUT2D eigenvalue weighted by Crippen LogP contribution is -2.25. The fourth-order valence-electron chi connectivity index (χ4n) is 1.63. The van der Waals surface area contributed by atoms with Gasteiger partial charge in [0.1, 0.15) is 16.7 Å². The minimum atomic E-state index is -0.182. The number of amides is 1. The summed E-state index contributed by atoms with van der Waals surface area (Å²) >= 11 is 6.31. The maximum Gasteiger partial charge on any atom is 0.239 e. The van der Waals surface area contributed by atoms with Gasteiger partial charge in [-0.15, -0.1) is 0 Å². The van der Waals surface area contributed by atoms with E-state index in [0.717, 1.165) is 5.56 Å². The van der Waals surface area contributed by atoms with E-state index in [2.05, 4.69) is 5.32 Å². The van der Waals surface area contributed by atoms with E-state index < -0.39 is 0 Å². The molecule has 1 atom stereocenters. The lowest BCUT2D eigenvalue weighted by atomic mass is 10.1. The van der Waals surface area contributed by atoms with Gasteiger partial charge in [-0.25, -0.2) is 0 Å². The second kappa shape index (κ2) is 5.97. The van der Waals surface area contributed by atoms with Crippen molar-refractivity contribution < 1.29 is 14.3 Å². The molecule has 1 fully saturated rings. The third-order valence-electron chi connectivity index (χ3n) is 2.40. The summed E-state index contributed by atoms with van der Waals surface area (Å²) in [6.07, 6.45) is 1.29. The van der Waals surface area contributed by atoms with Gasteiger partial charge in [0, 0.05) is 0 Å². The number of ether oxygens (including phenoxy) is 1. The van der Waals surface area contributed by atoms with E-state index in [4.69, 9.17) is 17.0 Å². The summed E-state index contributed by atoms with van der Waals surface area (Å²) in [4.78, 5) is 21.8. The third-order valence-corrected chi connectivity index (χ3v) is 3.78. The number of hydrogen-bond donors (Lipinski definition) is 1. The zero-order valence-corrected chi connectivity index (χ0v) is 11.1. The molecule has 1 aliphatic heterocycles. The molecule has 2 rings (SSSR count). The van der Waals surface area contributed by atoms with Crippen molar-refractivity contribution >= 4 is 40.5 Å². The van der Waals surface area contributed by atoms with Gasteiger partial charge in [0.2, 0.25) is 5.91 Å². The summed E-state index contributed by atoms with van der Waals surface area (Å²) in [6.45, 7) is 0.0339. The molecule has 1 unspecified atom stereocenters. The second-order valence-electron chi connectivity index (χ2n) is 3.71. The Kier molecular flexibility index (Phi) is 4.33. The van der Waals surface area contributed by atoms with Crippen LogP contribution < -0.4 is 10.1 Å². The van der Waals surface area contributed by atoms with Crippen LogP contribution in [0.1, 0.15) is 5.56 Å². The largest absolute Gasteiger partial charge is 0.486 e. The van der Waals surface area contributed by atoms with E-state index in [1.807, 2.05) is 18.2 Å². The molecule has 1 heterocycles. The standard InChI is InChI=1S/C12H11NO3S2/c14-4-5-16-9-3-1-2-8(6-9)7-10-11(15)13-12(17)18-10/h1-4,6,10H,5,7H2,(H,13,15,17). The van der Waals surface area contributed by atoms with Gasteiger partial charge in [-0.05, 0) is 24.1 Å². The minimum absolute atomic E-state index is 0.0339. The first-order valence-electron chi connectivity index (χ1n) is 5.36. The van der Waals surface area contributed by atoms with Crippen molar-refractivity contribution in [2.24, 2.45) is 0 Å². The van der Waals surface area contributed by atoms with Gasteiger partial charge in [0.05, 0.1) is 5.25 Å². The Bertz CT molecular complexity index is 490. The minimum Gasteiger partial charge on any atom is -0.486 e. The number of carbonyl (C=O) groups is 2. The maximum absolute atomic E-state index is 11.5. The van der Waals surface area contributed by atoms with Crippen LogP contribution in [0.25, 0.3) is 0 Å². The van der Waals surface area contributed by atoms with Crippen molar-refractivity contribution in [2.75, 3.05) is 6.61 Å². The van der Waals surface area contributed by atoms with Crippen LogP contribution in [0.3, 0.4) is 0 Å². The smallest absolute Gasteiger partial charge is 0.239 e. The molecular weight excluding hydrogens is 270 g/mol. The van der Waals surface area contributed by atoms with Crippen LogP contribution >= 0.6 is 24.0 Å². The van der Waals surface area contributed by atoms with Gasteiger partial charge in [-0.1, -0.05) is 36.1 Å². The van der Waals surface area contributed by atoms with Gasteiger partial charge in [0.15, 0.2) is 6.29 Å². The van der Waals surface area contributed by atoms with Crippen LogP contribution in [-0.4, -0.2) is 28.4 Å². The summed E-state index contributed by atoms with van der Waals surface area (Å²) in [7, 11) is 0. The van der Waals surface area contributed by atoms with Crippen molar-refractivity contribution in [1.29, 1.82) is 0 Å². The van der Waals surface area contributed by atoms with Crippen molar-refractivity contribution in [3.8, 4) is 5.75 Å². The predicted octanol–water partition coefficient (Wildman–Crippen LogP) is 1.32. The van der Waals surface area contributed by atoms with Crippen LogP contribution in [0.4, 0.5) is 0 Å². The molecule has 6 heteroatoms. The average molecular weight is 281 g/mol. The number of thioether (sulfide) groups is 1. The number of hydrogen-bond acceptors (Lipinski definition) is 5. The lowest BCUT2D eigenvalue weighted by molar-refractivity contribution is -0.118. The van der Waals surface area contributed by atoms with Gasteiger partial charge >= 0.3 is 0 Å². The van der Waals surface area contributed by atoms with Gasteiger partial charge in [-0.3, -0.25) is 9.59 Å². The summed E-state index contributed by atoms with van der Waals surface area (Å²) in [5.74, 6) is 0.579. The first kappa shape index (κ1) is 13.0. The number of rotatable bonds is 5. The first-order chi connectivity index (χ1) is 8.69. The zero-order valence-electron chi connectivity index (χ0n) is 9.42. The quantitative estimate of drug-likeness (QED) is 0.652. The van der Waals surface area contributed by atoms with Crippen molar-refractivity contribution in [1.82, 2.24) is 5.32 Å². The molecule has 1 aromatic rings. The zero-order chi connectivity index (χ0) is 13.0. The van der Waals surface area contributed by atoms with Crippen LogP contribution in [0.15, 0.2) is 24.3 Å². The molecule has 4 nitrogen and oxygen atoms in total. The van der Waals surface area contributed by atoms with Crippen LogP contribution in [0, 0.1) is 0 Å². The van der Waals surface area contributed by atoms with E-state index in [9.17, 15) is 9.59 Å². The Morgan fingerprint density at radius 2 is 2.33 bits per heavy atom. The number of aldehydes is 1. The highest BCUT2D eigenvalue weighted by molar-refractivity contribution is 8.24. The number of benzene rings is 1. The van der Waals surface area contributed by atoms with Crippen molar-refractivity contribution in [2.45, 2.75) is 11.7 Å². The van der Waals surface area contributed by atoms with Crippen LogP contribution in [-0.2, 0) is 16.0 Å². The molecule has 0 aliphatic carbocycles. The monoisotopic (exact) mass is 281 g/mol. The lowest BCUT2D eigenvalue weighted by Gasteiger charge is -2.08. The average Bonchev–Trinajstić information content (AvgIpc) is 2.66. The van der Waals surface area contributed by atoms with E-state index in [0.29, 0.717) is 22.8 Å². The molecule has 1 aliphatic rings. The van der Waals surface area contributed by atoms with E-state index in [1.54, 1.807) is 6.07 Å². The fourth-order valence-corrected chi connectivity index (χ4v) is 2.94. The molecule has 1 saturated heterocycles. The van der Waals surface area contributed by atoms with Crippen molar-refractivity contribution in [3.63, 3.8) is 0 Å². The maximum atomic E-state index is 11.5. The molecule has 1 aromatic carbocycles. The third kappa shape index (κ3) is 3.30. The van der Waals surface area contributed by atoms with E-state index in [1.165, 1.54) is 11.8 Å². The summed E-state index contributed by atoms with van der Waals surface area (Å²) < 4.78 is 5.73. The molecule has 0 bridgehead atoms. The highest BCUT2D eigenvalue weighted by atomic mass is 32.2. The van der Waals surface area contributed by atoms with Crippen LogP contribution in [0.5, 0.6) is 5.75 Å². The summed E-state index contributed by atoms with van der Waals surface area (Å²) in [6, 6.07) is 7.37. The van der Waals surface area contributed by atoms with Crippen molar-refractivity contribution in [3.05, 3.63) is 29.8 Å². The van der Waals surface area contributed by atoms with Crippen LogP contribution in [0.2, 0.25) is 0 Å². The molecule has 1 amide bonds. The molecule has 0 aromatic heterocycles. The number of carbonyl (C=O) groups excluding carboxylic acids is 2. The molecular formula is C12H11NO3S2. The highest BCUT2D eigenvalue weighted by Gasteiger charge is 2.28.